The van der Waals surface area contributed by atoms with Crippen LogP contribution < -0.4 is 10.2 Å². The first-order valence-electron chi connectivity index (χ1n) is 11.8. The van der Waals surface area contributed by atoms with Crippen LogP contribution in [0.4, 0.5) is 11.4 Å². The lowest BCUT2D eigenvalue weighted by Crippen LogP contribution is -2.32. The third kappa shape index (κ3) is 5.26. The first-order chi connectivity index (χ1) is 16.3. The van der Waals surface area contributed by atoms with E-state index in [1.807, 2.05) is 23.1 Å². The number of carbonyl (C=O) groups is 2. The number of rotatable bonds is 7. The molecule has 2 heterocycles. The molecule has 0 aliphatic carbocycles. The lowest BCUT2D eigenvalue weighted by Gasteiger charge is -2.30. The minimum Gasteiger partial charge on any atom is -0.371 e. The molecule has 2 amide bonds. The van der Waals surface area contributed by atoms with Crippen molar-refractivity contribution in [2.24, 2.45) is 0 Å². The zero-order valence-corrected chi connectivity index (χ0v) is 20.6. The highest BCUT2D eigenvalue weighted by atomic mass is 32.2. The van der Waals surface area contributed by atoms with Gasteiger partial charge in [0.05, 0.1) is 10.5 Å². The number of anilines is 2. The molecule has 2 saturated heterocycles. The number of piperidine rings is 1. The van der Waals surface area contributed by atoms with Gasteiger partial charge in [0.2, 0.25) is 15.9 Å². The zero-order chi connectivity index (χ0) is 24.3. The van der Waals surface area contributed by atoms with Crippen molar-refractivity contribution < 1.29 is 18.0 Å². The largest absolute Gasteiger partial charge is 0.371 e. The van der Waals surface area contributed by atoms with E-state index in [-0.39, 0.29) is 16.7 Å². The first-order valence-corrected chi connectivity index (χ1v) is 13.2. The maximum atomic E-state index is 13.4. The van der Waals surface area contributed by atoms with Crippen molar-refractivity contribution in [3.8, 4) is 0 Å². The Morgan fingerprint density at radius 3 is 2.44 bits per heavy atom. The SMILES string of the molecule is CN(C)S(=O)(=O)c1ccc(N2CCCCC2)c(C(=O)Nc2cccc(CN3CCCC3=O)c2)c1. The van der Waals surface area contributed by atoms with Gasteiger partial charge in [-0.1, -0.05) is 12.1 Å². The normalized spacial score (nSPS) is 16.9. The Labute approximate surface area is 201 Å². The average molecular weight is 485 g/mol. The van der Waals surface area contributed by atoms with Crippen molar-refractivity contribution in [1.29, 1.82) is 0 Å². The Kier molecular flexibility index (Phi) is 7.23. The summed E-state index contributed by atoms with van der Waals surface area (Å²) in [7, 11) is -0.728. The number of hydrogen-bond donors (Lipinski definition) is 1. The van der Waals surface area contributed by atoms with E-state index in [9.17, 15) is 18.0 Å². The van der Waals surface area contributed by atoms with Gasteiger partial charge in [-0.3, -0.25) is 9.59 Å². The van der Waals surface area contributed by atoms with Crippen LogP contribution in [0.3, 0.4) is 0 Å². The maximum Gasteiger partial charge on any atom is 0.257 e. The lowest BCUT2D eigenvalue weighted by molar-refractivity contribution is -0.128. The van der Waals surface area contributed by atoms with Crippen LogP contribution in [0.15, 0.2) is 47.4 Å². The Morgan fingerprint density at radius 1 is 1.00 bits per heavy atom. The molecule has 1 N–H and O–H groups in total. The van der Waals surface area contributed by atoms with Gasteiger partial charge in [0.15, 0.2) is 0 Å². The summed E-state index contributed by atoms with van der Waals surface area (Å²) in [5.41, 5.74) is 2.63. The monoisotopic (exact) mass is 484 g/mol. The number of nitrogens with zero attached hydrogens (tertiary/aromatic N) is 3. The Morgan fingerprint density at radius 2 is 1.76 bits per heavy atom. The topological polar surface area (TPSA) is 90.0 Å². The summed E-state index contributed by atoms with van der Waals surface area (Å²) in [6.45, 7) is 2.93. The van der Waals surface area contributed by atoms with Crippen LogP contribution in [0.25, 0.3) is 0 Å². The summed E-state index contributed by atoms with van der Waals surface area (Å²) in [5.74, 6) is -0.203. The fraction of sp³-hybridized carbons (Fsp3) is 0.440. The zero-order valence-electron chi connectivity index (χ0n) is 19.8. The van der Waals surface area contributed by atoms with Crippen LogP contribution in [0.5, 0.6) is 0 Å². The Bertz CT molecular complexity index is 1170. The highest BCUT2D eigenvalue weighted by Gasteiger charge is 2.25. The van der Waals surface area contributed by atoms with Gasteiger partial charge in [0.1, 0.15) is 0 Å². The average Bonchev–Trinajstić information content (AvgIpc) is 3.23. The predicted molar refractivity (Wildman–Crippen MR) is 132 cm³/mol. The van der Waals surface area contributed by atoms with Crippen LogP contribution in [0, 0.1) is 0 Å². The molecule has 9 heteroatoms. The van der Waals surface area contributed by atoms with E-state index in [4.69, 9.17) is 0 Å². The molecular weight excluding hydrogens is 452 g/mol. The fourth-order valence-corrected chi connectivity index (χ4v) is 5.44. The summed E-state index contributed by atoms with van der Waals surface area (Å²) in [6, 6.07) is 12.2. The molecule has 2 fully saturated rings. The van der Waals surface area contributed by atoms with Crippen molar-refractivity contribution in [2.75, 3.05) is 43.9 Å². The van der Waals surface area contributed by atoms with Crippen LogP contribution in [0.1, 0.15) is 48.0 Å². The molecule has 2 aromatic rings. The Balaban J connectivity index is 1.62. The maximum absolute atomic E-state index is 13.4. The second-order valence-corrected chi connectivity index (χ2v) is 11.2. The smallest absolute Gasteiger partial charge is 0.257 e. The number of nitrogens with one attached hydrogen (secondary N) is 1. The minimum atomic E-state index is -3.68. The van der Waals surface area contributed by atoms with E-state index < -0.39 is 10.0 Å². The summed E-state index contributed by atoms with van der Waals surface area (Å²) in [5, 5.41) is 2.94. The van der Waals surface area contributed by atoms with E-state index in [1.165, 1.54) is 20.2 Å². The molecule has 0 spiro atoms. The first kappa shape index (κ1) is 24.2. The van der Waals surface area contributed by atoms with Gasteiger partial charge in [-0.2, -0.15) is 0 Å². The van der Waals surface area contributed by atoms with Crippen molar-refractivity contribution in [1.82, 2.24) is 9.21 Å². The predicted octanol–water partition coefficient (Wildman–Crippen LogP) is 3.30. The van der Waals surface area contributed by atoms with Crippen LogP contribution in [-0.2, 0) is 21.4 Å². The van der Waals surface area contributed by atoms with Gasteiger partial charge in [0, 0.05) is 58.1 Å². The number of benzene rings is 2. The molecule has 182 valence electrons. The molecule has 2 aliphatic rings. The standard InChI is InChI=1S/C25H32N4O4S/c1-27(2)34(32,33)21-11-12-23(28-13-4-3-5-14-28)22(17-21)25(31)26-20-9-6-8-19(16-20)18-29-15-7-10-24(29)30/h6,8-9,11-12,16-17H,3-5,7,10,13-15,18H2,1-2H3,(H,26,31). The number of likely N-dealkylation sites (tertiary alicyclic amines) is 1. The van der Waals surface area contributed by atoms with Crippen molar-refractivity contribution in [3.63, 3.8) is 0 Å². The van der Waals surface area contributed by atoms with Crippen molar-refractivity contribution in [2.45, 2.75) is 43.5 Å². The molecule has 0 aromatic heterocycles. The lowest BCUT2D eigenvalue weighted by atomic mass is 10.1. The third-order valence-electron chi connectivity index (χ3n) is 6.42. The highest BCUT2D eigenvalue weighted by molar-refractivity contribution is 7.89. The molecular formula is C25H32N4O4S. The number of carbonyl (C=O) groups excluding carboxylic acids is 2. The van der Waals surface area contributed by atoms with Crippen LogP contribution in [-0.4, -0.2) is 63.2 Å². The summed E-state index contributed by atoms with van der Waals surface area (Å²) >= 11 is 0. The number of sulfonamides is 1. The molecule has 0 saturated carbocycles. The van der Waals surface area contributed by atoms with Gasteiger partial charge in [-0.05, 0) is 61.6 Å². The van der Waals surface area contributed by atoms with E-state index in [0.717, 1.165) is 60.9 Å². The molecule has 0 radical (unpaired) electrons. The quantitative estimate of drug-likeness (QED) is 0.651. The second-order valence-electron chi connectivity index (χ2n) is 9.09. The Hall–Kier alpha value is -2.91. The van der Waals surface area contributed by atoms with Crippen molar-refractivity contribution >= 4 is 33.2 Å². The molecule has 0 atom stereocenters. The molecule has 2 aliphatic heterocycles. The second kappa shape index (κ2) is 10.1. The van der Waals surface area contributed by atoms with Gasteiger partial charge in [0.25, 0.3) is 5.91 Å². The molecule has 34 heavy (non-hydrogen) atoms. The molecule has 4 rings (SSSR count). The molecule has 0 unspecified atom stereocenters. The summed E-state index contributed by atoms with van der Waals surface area (Å²) in [6.07, 6.45) is 4.69. The van der Waals surface area contributed by atoms with Crippen molar-refractivity contribution in [3.05, 3.63) is 53.6 Å². The highest BCUT2D eigenvalue weighted by Crippen LogP contribution is 2.29. The fourth-order valence-electron chi connectivity index (χ4n) is 4.52. The van der Waals surface area contributed by atoms with E-state index in [2.05, 4.69) is 10.2 Å². The molecule has 0 bridgehead atoms. The van der Waals surface area contributed by atoms with E-state index in [1.54, 1.807) is 18.2 Å². The van der Waals surface area contributed by atoms with Crippen LogP contribution >= 0.6 is 0 Å². The molecule has 8 nitrogen and oxygen atoms in total. The van der Waals surface area contributed by atoms with Gasteiger partial charge >= 0.3 is 0 Å². The van der Waals surface area contributed by atoms with Gasteiger partial charge in [-0.25, -0.2) is 12.7 Å². The summed E-state index contributed by atoms with van der Waals surface area (Å²) in [4.78, 5) is 29.5. The third-order valence-corrected chi connectivity index (χ3v) is 8.23. The summed E-state index contributed by atoms with van der Waals surface area (Å²) < 4.78 is 26.6. The minimum absolute atomic E-state index is 0.0877. The van der Waals surface area contributed by atoms with Gasteiger partial charge < -0.3 is 15.1 Å². The molecule has 2 aromatic carbocycles. The van der Waals surface area contributed by atoms with Crippen LogP contribution in [0.2, 0.25) is 0 Å². The van der Waals surface area contributed by atoms with Gasteiger partial charge in [-0.15, -0.1) is 0 Å². The number of hydrogen-bond acceptors (Lipinski definition) is 5. The van der Waals surface area contributed by atoms with E-state index >= 15 is 0 Å². The number of amides is 2. The van der Waals surface area contributed by atoms with E-state index in [0.29, 0.717) is 24.2 Å².